The molecule has 1 aliphatic heterocycles. The van der Waals surface area contributed by atoms with E-state index in [9.17, 15) is 4.79 Å². The number of fused-ring (bicyclic) bond motifs is 1. The van der Waals surface area contributed by atoms with E-state index in [1.54, 1.807) is 24.4 Å². The largest absolute Gasteiger partial charge is 0.465 e. The summed E-state index contributed by atoms with van der Waals surface area (Å²) >= 11 is 6.58. The molecule has 0 bridgehead atoms. The van der Waals surface area contributed by atoms with Gasteiger partial charge in [0, 0.05) is 29.6 Å². The number of aliphatic imine (C=N–C) groups is 1. The molecule has 0 amide bonds. The van der Waals surface area contributed by atoms with Crippen molar-refractivity contribution in [2.75, 3.05) is 18.6 Å². The van der Waals surface area contributed by atoms with Crippen molar-refractivity contribution in [1.29, 1.82) is 0 Å². The van der Waals surface area contributed by atoms with Gasteiger partial charge in [-0.2, -0.15) is 0 Å². The van der Waals surface area contributed by atoms with Gasteiger partial charge in [0.15, 0.2) is 0 Å². The number of carbonyl (C=O) groups is 1. The number of carbonyl (C=O) groups excluding carboxylic acids is 1. The maximum absolute atomic E-state index is 11.7. The zero-order chi connectivity index (χ0) is 20.5. The summed E-state index contributed by atoms with van der Waals surface area (Å²) in [5, 5.41) is 0.649. The van der Waals surface area contributed by atoms with E-state index in [1.165, 1.54) is 12.7 Å². The molecular weight excluding hydrogens is 372 g/mol. The van der Waals surface area contributed by atoms with Crippen molar-refractivity contribution in [3.63, 3.8) is 0 Å². The Kier molecular flexibility index (Phi) is 5.61. The monoisotopic (exact) mass is 396 g/mol. The normalized spacial score (nSPS) is 15.4. The second kappa shape index (κ2) is 7.80. The summed E-state index contributed by atoms with van der Waals surface area (Å²) in [5.41, 5.74) is 5.45. The summed E-state index contributed by atoms with van der Waals surface area (Å²) in [6.45, 7) is 9.59. The van der Waals surface area contributed by atoms with Crippen molar-refractivity contribution < 1.29 is 9.53 Å². The number of methoxy groups -OCH3 is 1. The number of hydrogen-bond acceptors (Lipinski definition) is 4. The number of ether oxygens (including phenoxy) is 1. The predicted molar refractivity (Wildman–Crippen MR) is 117 cm³/mol. The smallest absolute Gasteiger partial charge is 0.337 e. The third-order valence-corrected chi connectivity index (χ3v) is 5.36. The van der Waals surface area contributed by atoms with E-state index in [4.69, 9.17) is 16.3 Å². The van der Waals surface area contributed by atoms with Gasteiger partial charge in [-0.05, 0) is 63.6 Å². The summed E-state index contributed by atoms with van der Waals surface area (Å²) in [7, 11) is 1.36. The standard InChI is InChI=1S/C23H25ClN2O2/c1-6-26-21-12-20(24)17(11-19(21)15(2)13-23(26,3)4)14-25-18-9-7-8-16(10-18)22(27)28-5/h7-14H,6H2,1-5H3. The predicted octanol–water partition coefficient (Wildman–Crippen LogP) is 5.90. The van der Waals surface area contributed by atoms with Crippen molar-refractivity contribution in [1.82, 2.24) is 0 Å². The lowest BCUT2D eigenvalue weighted by Gasteiger charge is -2.43. The minimum absolute atomic E-state index is 0.0565. The molecule has 1 heterocycles. The Morgan fingerprint density at radius 1 is 1.29 bits per heavy atom. The van der Waals surface area contributed by atoms with Gasteiger partial charge in [-0.1, -0.05) is 23.7 Å². The van der Waals surface area contributed by atoms with Gasteiger partial charge in [0.1, 0.15) is 0 Å². The van der Waals surface area contributed by atoms with Crippen LogP contribution >= 0.6 is 11.6 Å². The molecule has 0 aliphatic carbocycles. The van der Waals surface area contributed by atoms with Gasteiger partial charge >= 0.3 is 5.97 Å². The van der Waals surface area contributed by atoms with Crippen LogP contribution in [0.4, 0.5) is 11.4 Å². The first-order valence-corrected chi connectivity index (χ1v) is 9.68. The molecule has 0 aromatic heterocycles. The summed E-state index contributed by atoms with van der Waals surface area (Å²) in [4.78, 5) is 18.6. The molecule has 28 heavy (non-hydrogen) atoms. The molecule has 2 aromatic rings. The van der Waals surface area contributed by atoms with Crippen molar-refractivity contribution in [3.8, 4) is 0 Å². The topological polar surface area (TPSA) is 41.9 Å². The molecule has 0 unspecified atom stereocenters. The van der Waals surface area contributed by atoms with Crippen LogP contribution in [0.1, 0.15) is 49.2 Å². The SMILES string of the molecule is CCN1c2cc(Cl)c(C=Nc3cccc(C(=O)OC)c3)cc2C(C)=CC1(C)C. The molecule has 0 fully saturated rings. The zero-order valence-corrected chi connectivity index (χ0v) is 17.7. The quantitative estimate of drug-likeness (QED) is 0.477. The van der Waals surface area contributed by atoms with Crippen molar-refractivity contribution >= 4 is 40.7 Å². The molecule has 5 heteroatoms. The Bertz CT molecular complexity index is 977. The van der Waals surface area contributed by atoms with E-state index in [-0.39, 0.29) is 11.5 Å². The van der Waals surface area contributed by atoms with Gasteiger partial charge < -0.3 is 9.64 Å². The second-order valence-corrected chi connectivity index (χ2v) is 7.82. The van der Waals surface area contributed by atoms with Crippen LogP contribution in [0.25, 0.3) is 5.57 Å². The number of nitrogens with zero attached hydrogens (tertiary/aromatic N) is 2. The average molecular weight is 397 g/mol. The highest BCUT2D eigenvalue weighted by Crippen LogP contribution is 2.41. The van der Waals surface area contributed by atoms with E-state index in [1.807, 2.05) is 12.1 Å². The number of hydrogen-bond donors (Lipinski definition) is 0. The van der Waals surface area contributed by atoms with Gasteiger partial charge in [0.2, 0.25) is 0 Å². The third kappa shape index (κ3) is 3.83. The van der Waals surface area contributed by atoms with Crippen LogP contribution in [0, 0.1) is 0 Å². The first kappa shape index (κ1) is 20.2. The number of rotatable bonds is 4. The highest BCUT2D eigenvalue weighted by Gasteiger charge is 2.30. The highest BCUT2D eigenvalue weighted by molar-refractivity contribution is 6.33. The fourth-order valence-corrected chi connectivity index (χ4v) is 3.97. The van der Waals surface area contributed by atoms with Crippen LogP contribution in [-0.2, 0) is 4.74 Å². The van der Waals surface area contributed by atoms with E-state index in [0.29, 0.717) is 16.3 Å². The number of likely N-dealkylation sites (N-methyl/N-ethyl adjacent to an activating group) is 1. The molecule has 0 saturated carbocycles. The Balaban J connectivity index is 1.98. The lowest BCUT2D eigenvalue weighted by atomic mass is 9.88. The summed E-state index contributed by atoms with van der Waals surface area (Å²) in [6.07, 6.45) is 4.02. The zero-order valence-electron chi connectivity index (χ0n) is 16.9. The first-order chi connectivity index (χ1) is 13.3. The summed E-state index contributed by atoms with van der Waals surface area (Å²) in [5.74, 6) is -0.383. The molecule has 0 atom stereocenters. The van der Waals surface area contributed by atoms with Gasteiger partial charge in [-0.25, -0.2) is 4.79 Å². The van der Waals surface area contributed by atoms with Crippen LogP contribution in [0.3, 0.4) is 0 Å². The van der Waals surface area contributed by atoms with E-state index in [0.717, 1.165) is 23.4 Å². The lowest BCUT2D eigenvalue weighted by molar-refractivity contribution is 0.0601. The number of allylic oxidation sites excluding steroid dienone is 1. The molecule has 2 aromatic carbocycles. The molecule has 4 nitrogen and oxygen atoms in total. The lowest BCUT2D eigenvalue weighted by Crippen LogP contribution is -2.44. The van der Waals surface area contributed by atoms with Gasteiger partial charge in [-0.3, -0.25) is 4.99 Å². The highest BCUT2D eigenvalue weighted by atomic mass is 35.5. The van der Waals surface area contributed by atoms with E-state index in [2.05, 4.69) is 49.7 Å². The molecule has 0 spiro atoms. The van der Waals surface area contributed by atoms with Gasteiger partial charge in [0.05, 0.1) is 28.9 Å². The summed E-state index contributed by atoms with van der Waals surface area (Å²) in [6, 6.07) is 11.1. The minimum Gasteiger partial charge on any atom is -0.465 e. The number of anilines is 1. The van der Waals surface area contributed by atoms with Crippen molar-refractivity contribution in [3.05, 3.63) is 64.2 Å². The first-order valence-electron chi connectivity index (χ1n) is 9.30. The third-order valence-electron chi connectivity index (χ3n) is 5.03. The van der Waals surface area contributed by atoms with Crippen molar-refractivity contribution in [2.24, 2.45) is 4.99 Å². The maximum Gasteiger partial charge on any atom is 0.337 e. The fourth-order valence-electron chi connectivity index (χ4n) is 3.77. The van der Waals surface area contributed by atoms with Crippen LogP contribution in [0.2, 0.25) is 5.02 Å². The van der Waals surface area contributed by atoms with Gasteiger partial charge in [0.25, 0.3) is 0 Å². The molecule has 3 rings (SSSR count). The second-order valence-electron chi connectivity index (χ2n) is 7.42. The van der Waals surface area contributed by atoms with Gasteiger partial charge in [-0.15, -0.1) is 0 Å². The van der Waals surface area contributed by atoms with Crippen LogP contribution in [-0.4, -0.2) is 31.4 Å². The van der Waals surface area contributed by atoms with E-state index >= 15 is 0 Å². The molecule has 0 radical (unpaired) electrons. The van der Waals surface area contributed by atoms with Crippen molar-refractivity contribution in [2.45, 2.75) is 33.2 Å². The Morgan fingerprint density at radius 3 is 2.71 bits per heavy atom. The minimum atomic E-state index is -0.383. The number of esters is 1. The molecule has 146 valence electrons. The molecular formula is C23H25ClN2O2. The fraction of sp³-hybridized carbons (Fsp3) is 0.304. The van der Waals surface area contributed by atoms with Crippen LogP contribution < -0.4 is 4.90 Å². The summed E-state index contributed by atoms with van der Waals surface area (Å²) < 4.78 is 4.76. The van der Waals surface area contributed by atoms with Crippen LogP contribution in [0.15, 0.2) is 47.5 Å². The Morgan fingerprint density at radius 2 is 2.04 bits per heavy atom. The van der Waals surface area contributed by atoms with Crippen LogP contribution in [0.5, 0.6) is 0 Å². The van der Waals surface area contributed by atoms with E-state index < -0.39 is 0 Å². The molecule has 0 saturated heterocycles. The molecule has 0 N–H and O–H groups in total. The Hall–Kier alpha value is -2.59. The molecule has 1 aliphatic rings. The average Bonchev–Trinajstić information content (AvgIpc) is 2.66. The Labute approximate surface area is 171 Å². The maximum atomic E-state index is 11.7. The number of benzene rings is 2. The number of halogens is 1.